The maximum atomic E-state index is 12.4. The summed E-state index contributed by atoms with van der Waals surface area (Å²) in [5, 5.41) is 0. The van der Waals surface area contributed by atoms with Crippen molar-refractivity contribution in [2.75, 3.05) is 11.4 Å². The number of amides is 1. The van der Waals surface area contributed by atoms with Gasteiger partial charge in [-0.15, -0.1) is 0 Å². The summed E-state index contributed by atoms with van der Waals surface area (Å²) in [6.07, 6.45) is 6.70. The molecule has 18 heavy (non-hydrogen) atoms. The Labute approximate surface area is 106 Å². The van der Waals surface area contributed by atoms with E-state index in [-0.39, 0.29) is 5.91 Å². The molecule has 0 radical (unpaired) electrons. The zero-order chi connectivity index (χ0) is 13.0. The summed E-state index contributed by atoms with van der Waals surface area (Å²) in [6, 6.07) is 5.53. The minimum atomic E-state index is -0.0540. The zero-order valence-electron chi connectivity index (χ0n) is 10.5. The lowest BCUT2D eigenvalue weighted by Gasteiger charge is -2.20. The highest BCUT2D eigenvalue weighted by Crippen LogP contribution is 2.15. The lowest BCUT2D eigenvalue weighted by Crippen LogP contribution is -2.30. The highest BCUT2D eigenvalue weighted by Gasteiger charge is 2.16. The predicted molar refractivity (Wildman–Crippen MR) is 70.6 cm³/mol. The van der Waals surface area contributed by atoms with Crippen LogP contribution in [0.4, 0.5) is 5.69 Å². The standard InChI is InChI=1S/C14H15N3O/c1-3-17(13-5-4-6-15-10-13)14(18)12-7-11(2)8-16-9-12/h4-10H,3H2,1-2H3. The summed E-state index contributed by atoms with van der Waals surface area (Å²) in [6.45, 7) is 4.46. The molecule has 0 aliphatic rings. The maximum absolute atomic E-state index is 12.4. The normalized spacial score (nSPS) is 10.1. The lowest BCUT2D eigenvalue weighted by molar-refractivity contribution is 0.0988. The number of hydrogen-bond acceptors (Lipinski definition) is 3. The van der Waals surface area contributed by atoms with Gasteiger partial charge >= 0.3 is 0 Å². The van der Waals surface area contributed by atoms with Crippen LogP contribution in [0.5, 0.6) is 0 Å². The molecule has 0 aliphatic carbocycles. The lowest BCUT2D eigenvalue weighted by atomic mass is 10.2. The summed E-state index contributed by atoms with van der Waals surface area (Å²) in [7, 11) is 0. The van der Waals surface area contributed by atoms with Gasteiger partial charge in [0.2, 0.25) is 0 Å². The summed E-state index contributed by atoms with van der Waals surface area (Å²) in [4.78, 5) is 22.2. The second-order valence-corrected chi connectivity index (χ2v) is 4.01. The van der Waals surface area contributed by atoms with Crippen LogP contribution in [-0.2, 0) is 0 Å². The smallest absolute Gasteiger partial charge is 0.259 e. The largest absolute Gasteiger partial charge is 0.307 e. The Bertz CT molecular complexity index is 540. The maximum Gasteiger partial charge on any atom is 0.259 e. The van der Waals surface area contributed by atoms with Gasteiger partial charge in [0.05, 0.1) is 17.4 Å². The van der Waals surface area contributed by atoms with Crippen molar-refractivity contribution in [1.29, 1.82) is 0 Å². The molecule has 0 atom stereocenters. The molecule has 4 nitrogen and oxygen atoms in total. The van der Waals surface area contributed by atoms with Crippen LogP contribution < -0.4 is 4.90 Å². The molecule has 0 aromatic carbocycles. The van der Waals surface area contributed by atoms with Crippen molar-refractivity contribution in [1.82, 2.24) is 9.97 Å². The molecule has 2 rings (SSSR count). The van der Waals surface area contributed by atoms with E-state index in [1.165, 1.54) is 0 Å². The average molecular weight is 241 g/mol. The molecule has 0 bridgehead atoms. The number of nitrogens with zero attached hydrogens (tertiary/aromatic N) is 3. The molecule has 0 aliphatic heterocycles. The molecule has 0 saturated heterocycles. The Morgan fingerprint density at radius 2 is 2.11 bits per heavy atom. The van der Waals surface area contributed by atoms with Crippen molar-refractivity contribution >= 4 is 11.6 Å². The first-order valence-electron chi connectivity index (χ1n) is 5.86. The predicted octanol–water partition coefficient (Wildman–Crippen LogP) is 2.45. The quantitative estimate of drug-likeness (QED) is 0.829. The fourth-order valence-electron chi connectivity index (χ4n) is 1.78. The van der Waals surface area contributed by atoms with Gasteiger partial charge in [-0.1, -0.05) is 0 Å². The van der Waals surface area contributed by atoms with Crippen molar-refractivity contribution in [3.63, 3.8) is 0 Å². The molecule has 0 saturated carbocycles. The SMILES string of the molecule is CCN(C(=O)c1cncc(C)c1)c1cccnc1. The number of hydrogen-bond donors (Lipinski definition) is 0. The van der Waals surface area contributed by atoms with Gasteiger partial charge in [0, 0.05) is 25.1 Å². The van der Waals surface area contributed by atoms with Crippen LogP contribution in [0.1, 0.15) is 22.8 Å². The number of aromatic nitrogens is 2. The zero-order valence-corrected chi connectivity index (χ0v) is 10.5. The van der Waals surface area contributed by atoms with E-state index < -0.39 is 0 Å². The van der Waals surface area contributed by atoms with E-state index in [0.29, 0.717) is 12.1 Å². The molecule has 2 aromatic heterocycles. The number of anilines is 1. The molecule has 0 N–H and O–H groups in total. The average Bonchev–Trinajstić information content (AvgIpc) is 2.41. The molecule has 0 spiro atoms. The van der Waals surface area contributed by atoms with Crippen molar-refractivity contribution in [3.05, 3.63) is 54.1 Å². The van der Waals surface area contributed by atoms with Gasteiger partial charge in [0.1, 0.15) is 0 Å². The third-order valence-electron chi connectivity index (χ3n) is 2.64. The van der Waals surface area contributed by atoms with Crippen LogP contribution in [-0.4, -0.2) is 22.4 Å². The van der Waals surface area contributed by atoms with E-state index in [0.717, 1.165) is 11.3 Å². The van der Waals surface area contributed by atoms with Crippen molar-refractivity contribution in [2.45, 2.75) is 13.8 Å². The molecule has 0 unspecified atom stereocenters. The number of rotatable bonds is 3. The van der Waals surface area contributed by atoms with Gasteiger partial charge in [-0.05, 0) is 37.6 Å². The van der Waals surface area contributed by atoms with Gasteiger partial charge in [-0.2, -0.15) is 0 Å². The minimum absolute atomic E-state index is 0.0540. The fraction of sp³-hybridized carbons (Fsp3) is 0.214. The van der Waals surface area contributed by atoms with E-state index in [1.54, 1.807) is 29.7 Å². The van der Waals surface area contributed by atoms with E-state index in [9.17, 15) is 4.79 Å². The van der Waals surface area contributed by atoms with Gasteiger partial charge in [-0.3, -0.25) is 14.8 Å². The molecule has 4 heteroatoms. The second kappa shape index (κ2) is 5.40. The highest BCUT2D eigenvalue weighted by molar-refractivity contribution is 6.05. The molecule has 0 fully saturated rings. The molecule has 92 valence electrons. The first-order valence-corrected chi connectivity index (χ1v) is 5.86. The Morgan fingerprint density at radius 3 is 2.72 bits per heavy atom. The molecule has 2 heterocycles. The van der Waals surface area contributed by atoms with Gasteiger partial charge in [-0.25, -0.2) is 0 Å². The van der Waals surface area contributed by atoms with Gasteiger partial charge in [0.25, 0.3) is 5.91 Å². The monoisotopic (exact) mass is 241 g/mol. The Hall–Kier alpha value is -2.23. The van der Waals surface area contributed by atoms with Gasteiger partial charge in [0.15, 0.2) is 0 Å². The van der Waals surface area contributed by atoms with E-state index in [4.69, 9.17) is 0 Å². The molecular formula is C14H15N3O. The Morgan fingerprint density at radius 1 is 1.28 bits per heavy atom. The first-order chi connectivity index (χ1) is 8.72. The fourth-order valence-corrected chi connectivity index (χ4v) is 1.78. The van der Waals surface area contributed by atoms with E-state index >= 15 is 0 Å². The summed E-state index contributed by atoms with van der Waals surface area (Å²) in [5.74, 6) is -0.0540. The Kier molecular flexibility index (Phi) is 3.67. The molecule has 2 aromatic rings. The van der Waals surface area contributed by atoms with E-state index in [1.807, 2.05) is 32.0 Å². The van der Waals surface area contributed by atoms with Crippen LogP contribution in [0.25, 0.3) is 0 Å². The minimum Gasteiger partial charge on any atom is -0.307 e. The summed E-state index contributed by atoms with van der Waals surface area (Å²) < 4.78 is 0. The third kappa shape index (κ3) is 2.53. The van der Waals surface area contributed by atoms with Crippen molar-refractivity contribution in [3.8, 4) is 0 Å². The van der Waals surface area contributed by atoms with Crippen LogP contribution in [0.15, 0.2) is 43.0 Å². The van der Waals surface area contributed by atoms with Crippen molar-refractivity contribution in [2.24, 2.45) is 0 Å². The number of carbonyl (C=O) groups excluding carboxylic acids is 1. The van der Waals surface area contributed by atoms with Crippen LogP contribution in [0.2, 0.25) is 0 Å². The Balaban J connectivity index is 2.32. The number of carbonyl (C=O) groups is 1. The second-order valence-electron chi connectivity index (χ2n) is 4.01. The van der Waals surface area contributed by atoms with Crippen LogP contribution >= 0.6 is 0 Å². The highest BCUT2D eigenvalue weighted by atomic mass is 16.2. The topological polar surface area (TPSA) is 46.1 Å². The van der Waals surface area contributed by atoms with Crippen LogP contribution in [0, 0.1) is 6.92 Å². The molecular weight excluding hydrogens is 226 g/mol. The molecule has 1 amide bonds. The summed E-state index contributed by atoms with van der Waals surface area (Å²) >= 11 is 0. The van der Waals surface area contributed by atoms with Crippen molar-refractivity contribution < 1.29 is 4.79 Å². The third-order valence-corrected chi connectivity index (χ3v) is 2.64. The first kappa shape index (κ1) is 12.2. The number of aryl methyl sites for hydroxylation is 1. The van der Waals surface area contributed by atoms with Crippen LogP contribution in [0.3, 0.4) is 0 Å². The van der Waals surface area contributed by atoms with Gasteiger partial charge < -0.3 is 4.90 Å². The van der Waals surface area contributed by atoms with E-state index in [2.05, 4.69) is 9.97 Å². The summed E-state index contributed by atoms with van der Waals surface area (Å²) in [5.41, 5.74) is 2.37. The number of pyridine rings is 2.